The van der Waals surface area contributed by atoms with Crippen LogP contribution in [0.4, 0.5) is 44.3 Å². The molecule has 0 atom stereocenters. The molecule has 1 aliphatic rings. The number of benzene rings is 3. The number of alkyl carbamates (subject to hydrolysis) is 1. The number of alkyl halides is 6. The summed E-state index contributed by atoms with van der Waals surface area (Å²) in [7, 11) is -4.50. The zero-order chi connectivity index (χ0) is 34.1. The molecule has 46 heavy (non-hydrogen) atoms. The van der Waals surface area contributed by atoms with E-state index in [1.165, 1.54) is 0 Å². The number of carbonyl (C=O) groups is 1. The molecule has 0 aromatic heterocycles. The van der Waals surface area contributed by atoms with Gasteiger partial charge in [0.25, 0.3) is 5.60 Å². The highest BCUT2D eigenvalue weighted by Crippen LogP contribution is 2.55. The Labute approximate surface area is 257 Å². The van der Waals surface area contributed by atoms with Crippen LogP contribution in [0.1, 0.15) is 42.9 Å². The van der Waals surface area contributed by atoms with Crippen molar-refractivity contribution in [1.29, 1.82) is 0 Å². The van der Waals surface area contributed by atoms with Crippen molar-refractivity contribution in [3.8, 4) is 0 Å². The predicted octanol–water partition coefficient (Wildman–Crippen LogP) is 7.61. The summed E-state index contributed by atoms with van der Waals surface area (Å²) in [4.78, 5) is 11.7. The average molecular weight is 684 g/mol. The SMILES string of the molecule is CCCOC(=O)NC1CC(c2ccc(C(OCc3c(F)cccc3F)(C(F)(F)F)C(F)(F)F)cc2)(S(=O)(=O)c2ccc(F)cc2)C1. The van der Waals surface area contributed by atoms with E-state index in [1.807, 2.05) is 0 Å². The van der Waals surface area contributed by atoms with Gasteiger partial charge >= 0.3 is 18.4 Å². The zero-order valence-corrected chi connectivity index (χ0v) is 24.6. The van der Waals surface area contributed by atoms with Gasteiger partial charge in [-0.1, -0.05) is 37.3 Å². The molecule has 0 saturated heterocycles. The van der Waals surface area contributed by atoms with Crippen molar-refractivity contribution in [2.24, 2.45) is 0 Å². The van der Waals surface area contributed by atoms with Gasteiger partial charge in [-0.25, -0.2) is 26.4 Å². The van der Waals surface area contributed by atoms with Gasteiger partial charge in [0.1, 0.15) is 22.2 Å². The Bertz CT molecular complexity index is 1620. The first kappa shape index (κ1) is 35.1. The van der Waals surface area contributed by atoms with E-state index >= 15 is 0 Å². The topological polar surface area (TPSA) is 81.7 Å². The number of halogens is 9. The third-order valence-electron chi connectivity index (χ3n) is 7.66. The first-order chi connectivity index (χ1) is 21.4. The summed E-state index contributed by atoms with van der Waals surface area (Å²) >= 11 is 0. The molecule has 16 heteroatoms. The molecule has 1 amide bonds. The fourth-order valence-electron chi connectivity index (χ4n) is 5.29. The number of nitrogens with one attached hydrogen (secondary N) is 1. The van der Waals surface area contributed by atoms with Gasteiger partial charge in [0.2, 0.25) is 0 Å². The van der Waals surface area contributed by atoms with Crippen molar-refractivity contribution in [2.75, 3.05) is 6.61 Å². The maximum absolute atomic E-state index is 14.4. The molecule has 3 aromatic carbocycles. The second-order valence-electron chi connectivity index (χ2n) is 10.6. The monoisotopic (exact) mass is 683 g/mol. The van der Waals surface area contributed by atoms with Crippen LogP contribution in [0.2, 0.25) is 0 Å². The Morgan fingerprint density at radius 1 is 0.870 bits per heavy atom. The molecular weight excluding hydrogens is 657 g/mol. The van der Waals surface area contributed by atoms with Crippen LogP contribution in [0.5, 0.6) is 0 Å². The minimum Gasteiger partial charge on any atom is -0.450 e. The number of sulfone groups is 1. The van der Waals surface area contributed by atoms with Crippen molar-refractivity contribution >= 4 is 15.9 Å². The lowest BCUT2D eigenvalue weighted by molar-refractivity contribution is -0.392. The molecule has 3 aromatic rings. The Kier molecular flexibility index (Phi) is 9.74. The minimum atomic E-state index is -6.21. The van der Waals surface area contributed by atoms with E-state index in [9.17, 15) is 52.7 Å². The molecule has 250 valence electrons. The van der Waals surface area contributed by atoms with E-state index in [-0.39, 0.29) is 29.9 Å². The fraction of sp³-hybridized carbons (Fsp3) is 0.367. The van der Waals surface area contributed by atoms with Crippen molar-refractivity contribution < 1.29 is 62.2 Å². The van der Waals surface area contributed by atoms with Crippen LogP contribution in [0.15, 0.2) is 71.6 Å². The van der Waals surface area contributed by atoms with Gasteiger partial charge in [0, 0.05) is 17.2 Å². The second-order valence-corrected chi connectivity index (χ2v) is 12.8. The molecule has 0 aliphatic heterocycles. The maximum atomic E-state index is 14.4. The van der Waals surface area contributed by atoms with Gasteiger partial charge in [-0.2, -0.15) is 26.3 Å². The molecule has 1 aliphatic carbocycles. The first-order valence-electron chi connectivity index (χ1n) is 13.6. The summed E-state index contributed by atoms with van der Waals surface area (Å²) in [5.41, 5.74) is -8.03. The number of ether oxygens (including phenoxy) is 2. The van der Waals surface area contributed by atoms with Gasteiger partial charge in [-0.3, -0.25) is 0 Å². The molecule has 0 radical (unpaired) electrons. The van der Waals surface area contributed by atoms with Crippen LogP contribution < -0.4 is 5.32 Å². The third kappa shape index (κ3) is 6.28. The van der Waals surface area contributed by atoms with Crippen LogP contribution in [0.25, 0.3) is 0 Å². The van der Waals surface area contributed by atoms with Crippen molar-refractivity contribution in [3.05, 3.63) is 101 Å². The summed E-state index contributed by atoms with van der Waals surface area (Å²) in [6.45, 7) is 0.0323. The van der Waals surface area contributed by atoms with Crippen LogP contribution in [0, 0.1) is 17.5 Å². The molecule has 6 nitrogen and oxygen atoms in total. The predicted molar refractivity (Wildman–Crippen MR) is 144 cm³/mol. The zero-order valence-electron chi connectivity index (χ0n) is 23.8. The number of carbonyl (C=O) groups excluding carboxylic acids is 1. The number of amides is 1. The van der Waals surface area contributed by atoms with Crippen molar-refractivity contribution in [2.45, 2.75) is 66.4 Å². The largest absolute Gasteiger partial charge is 0.450 e. The lowest BCUT2D eigenvalue weighted by atomic mass is 9.74. The van der Waals surface area contributed by atoms with Crippen LogP contribution in [-0.4, -0.2) is 39.5 Å². The third-order valence-corrected chi connectivity index (χ3v) is 10.2. The molecule has 0 spiro atoms. The molecule has 1 saturated carbocycles. The molecule has 4 rings (SSSR count). The van der Waals surface area contributed by atoms with E-state index < -0.39 is 79.9 Å². The summed E-state index contributed by atoms with van der Waals surface area (Å²) in [6.07, 6.45) is -13.5. The normalized spacial score (nSPS) is 19.0. The second kappa shape index (κ2) is 12.8. The molecule has 0 heterocycles. The Hall–Kier alpha value is -3.79. The maximum Gasteiger partial charge on any atom is 0.430 e. The molecular formula is C30H26F9NO5S. The van der Waals surface area contributed by atoms with E-state index in [2.05, 4.69) is 10.1 Å². The Morgan fingerprint density at radius 3 is 1.91 bits per heavy atom. The smallest absolute Gasteiger partial charge is 0.430 e. The fourth-order valence-corrected chi connectivity index (χ4v) is 7.52. The van der Waals surface area contributed by atoms with Crippen molar-refractivity contribution in [3.63, 3.8) is 0 Å². The summed E-state index contributed by atoms with van der Waals surface area (Å²) < 4.78 is 163. The van der Waals surface area contributed by atoms with E-state index in [0.717, 1.165) is 42.5 Å². The standard InChI is InChI=1S/C30H26F9NO5S/c1-2-14-44-26(41)40-21-15-27(16-21,46(42,43)22-12-10-20(31)11-13-22)18-6-8-19(9-7-18)28(29(34,35)36,30(37,38)39)45-17-23-24(32)4-3-5-25(23)33/h3-13,21H,2,14-17H2,1H3,(H,40,41). The highest BCUT2D eigenvalue weighted by atomic mass is 32.2. The van der Waals surface area contributed by atoms with Gasteiger partial charge in [0.15, 0.2) is 9.84 Å². The Balaban J connectivity index is 1.78. The van der Waals surface area contributed by atoms with E-state index in [1.54, 1.807) is 6.92 Å². The highest BCUT2D eigenvalue weighted by molar-refractivity contribution is 7.92. The lowest BCUT2D eigenvalue weighted by Crippen LogP contribution is -2.57. The summed E-state index contributed by atoms with van der Waals surface area (Å²) in [5.74, 6) is -3.64. The summed E-state index contributed by atoms with van der Waals surface area (Å²) in [5, 5.41) is 2.46. The van der Waals surface area contributed by atoms with Gasteiger partial charge in [0.05, 0.1) is 18.1 Å². The van der Waals surface area contributed by atoms with Crippen LogP contribution >= 0.6 is 0 Å². The van der Waals surface area contributed by atoms with Crippen LogP contribution in [0.3, 0.4) is 0 Å². The Morgan fingerprint density at radius 2 is 1.41 bits per heavy atom. The quantitative estimate of drug-likeness (QED) is 0.176. The van der Waals surface area contributed by atoms with Gasteiger partial charge in [-0.05, 0) is 61.2 Å². The lowest BCUT2D eigenvalue weighted by Gasteiger charge is -2.47. The van der Waals surface area contributed by atoms with E-state index in [0.29, 0.717) is 30.7 Å². The van der Waals surface area contributed by atoms with Crippen molar-refractivity contribution in [1.82, 2.24) is 5.32 Å². The number of rotatable bonds is 10. The number of hydrogen-bond donors (Lipinski definition) is 1. The molecule has 1 fully saturated rings. The highest BCUT2D eigenvalue weighted by Gasteiger charge is 2.73. The van der Waals surface area contributed by atoms with Crippen LogP contribution in [-0.2, 0) is 36.3 Å². The summed E-state index contributed by atoms with van der Waals surface area (Å²) in [6, 6.07) is 7.13. The molecule has 0 bridgehead atoms. The number of hydrogen-bond acceptors (Lipinski definition) is 5. The minimum absolute atomic E-state index is 0.0603. The van der Waals surface area contributed by atoms with Gasteiger partial charge < -0.3 is 14.8 Å². The van der Waals surface area contributed by atoms with Gasteiger partial charge in [-0.15, -0.1) is 0 Å². The van der Waals surface area contributed by atoms with E-state index in [4.69, 9.17) is 4.74 Å². The molecule has 1 N–H and O–H groups in total. The first-order valence-corrected chi connectivity index (χ1v) is 15.1. The molecule has 0 unspecified atom stereocenters. The average Bonchev–Trinajstić information content (AvgIpc) is 2.94.